The monoisotopic (exact) mass is 465 g/mol. The number of ether oxygens (including phenoxy) is 3. The van der Waals surface area contributed by atoms with E-state index in [0.717, 1.165) is 27.6 Å². The summed E-state index contributed by atoms with van der Waals surface area (Å²) in [7, 11) is 3.21. The lowest BCUT2D eigenvalue weighted by atomic mass is 9.96. The molecule has 0 bridgehead atoms. The molecular formula is C25H27N3O4S. The first kappa shape index (κ1) is 23.1. The van der Waals surface area contributed by atoms with Gasteiger partial charge in [-0.05, 0) is 50.2 Å². The normalized spacial score (nSPS) is 14.3. The molecule has 1 N–H and O–H groups in total. The van der Waals surface area contributed by atoms with Crippen LogP contribution in [0.4, 0.5) is 5.69 Å². The van der Waals surface area contributed by atoms with Gasteiger partial charge in [0.05, 0.1) is 43.6 Å². The number of anilines is 1. The van der Waals surface area contributed by atoms with Crippen molar-refractivity contribution in [3.05, 3.63) is 59.8 Å². The summed E-state index contributed by atoms with van der Waals surface area (Å²) in [6.45, 7) is 4.53. The maximum atomic E-state index is 12.7. The number of para-hydroxylation sites is 2. The second kappa shape index (κ2) is 9.80. The van der Waals surface area contributed by atoms with Gasteiger partial charge in [0.2, 0.25) is 5.91 Å². The molecule has 1 aliphatic rings. The number of rotatable bonds is 7. The highest BCUT2D eigenvalue weighted by atomic mass is 32.2. The van der Waals surface area contributed by atoms with E-state index in [2.05, 4.69) is 19.2 Å². The lowest BCUT2D eigenvalue weighted by Crippen LogP contribution is -2.33. The summed E-state index contributed by atoms with van der Waals surface area (Å²) in [4.78, 5) is 22.3. The molecule has 172 valence electrons. The van der Waals surface area contributed by atoms with Crippen LogP contribution in [0.3, 0.4) is 0 Å². The molecule has 3 aromatic rings. The second-order valence-corrected chi connectivity index (χ2v) is 9.23. The van der Waals surface area contributed by atoms with Gasteiger partial charge in [-0.1, -0.05) is 23.9 Å². The molecular weight excluding hydrogens is 438 g/mol. The Bertz CT molecular complexity index is 1150. The molecule has 0 radical (unpaired) electrons. The Morgan fingerprint density at radius 1 is 1.09 bits per heavy atom. The van der Waals surface area contributed by atoms with Gasteiger partial charge in [-0.2, -0.15) is 0 Å². The van der Waals surface area contributed by atoms with E-state index in [1.165, 1.54) is 11.8 Å². The van der Waals surface area contributed by atoms with E-state index in [4.69, 9.17) is 24.2 Å². The van der Waals surface area contributed by atoms with Crippen molar-refractivity contribution < 1.29 is 19.0 Å². The number of methoxy groups -OCH3 is 2. The number of thioether (sulfide) groups is 1. The number of benzene rings is 2. The van der Waals surface area contributed by atoms with Gasteiger partial charge in [0.1, 0.15) is 16.5 Å². The van der Waals surface area contributed by atoms with Crippen molar-refractivity contribution in [2.45, 2.75) is 37.5 Å². The average molecular weight is 466 g/mol. The van der Waals surface area contributed by atoms with Gasteiger partial charge in [0.15, 0.2) is 5.82 Å². The number of nitrogens with one attached hydrogen (secondary N) is 1. The molecule has 0 spiro atoms. The number of aromatic nitrogens is 2. The fourth-order valence-corrected chi connectivity index (χ4v) is 4.42. The van der Waals surface area contributed by atoms with E-state index in [-0.39, 0.29) is 17.3 Å². The molecule has 33 heavy (non-hydrogen) atoms. The van der Waals surface area contributed by atoms with Crippen molar-refractivity contribution in [2.24, 2.45) is 0 Å². The molecule has 0 fully saturated rings. The first-order valence-corrected chi connectivity index (χ1v) is 11.6. The van der Waals surface area contributed by atoms with Crippen molar-refractivity contribution >= 4 is 23.4 Å². The third-order valence-corrected chi connectivity index (χ3v) is 6.34. The molecule has 0 saturated carbocycles. The highest BCUT2D eigenvalue weighted by Crippen LogP contribution is 2.34. The maximum Gasteiger partial charge on any atom is 0.234 e. The van der Waals surface area contributed by atoms with Crippen LogP contribution in [0.15, 0.2) is 53.6 Å². The summed E-state index contributed by atoms with van der Waals surface area (Å²) < 4.78 is 16.6. The van der Waals surface area contributed by atoms with Crippen molar-refractivity contribution in [3.63, 3.8) is 0 Å². The summed E-state index contributed by atoms with van der Waals surface area (Å²) in [6.07, 6.45) is 0.676. The molecule has 4 rings (SSSR count). The number of carbonyl (C=O) groups is 1. The van der Waals surface area contributed by atoms with Gasteiger partial charge in [-0.3, -0.25) is 4.79 Å². The first-order chi connectivity index (χ1) is 15.9. The number of nitrogens with zero attached hydrogens (tertiary/aromatic N) is 2. The summed E-state index contributed by atoms with van der Waals surface area (Å²) in [6, 6.07) is 15.0. The Hall–Kier alpha value is -3.10. The number of carbonyl (C=O) groups excluding carboxylic acids is 1. The third-order valence-electron chi connectivity index (χ3n) is 5.32. The third kappa shape index (κ3) is 5.46. The molecule has 1 aliphatic heterocycles. The molecule has 2 heterocycles. The Labute approximate surface area is 197 Å². The number of hydrogen-bond acceptors (Lipinski definition) is 7. The minimum Gasteiger partial charge on any atom is -0.497 e. The van der Waals surface area contributed by atoms with E-state index < -0.39 is 0 Å². The molecule has 0 saturated heterocycles. The van der Waals surface area contributed by atoms with Crippen LogP contribution in [0.25, 0.3) is 11.4 Å². The van der Waals surface area contributed by atoms with Gasteiger partial charge < -0.3 is 19.5 Å². The van der Waals surface area contributed by atoms with Crippen molar-refractivity contribution in [1.82, 2.24) is 9.97 Å². The SMILES string of the molecule is COc1ccc(-c2nc3c(c(SCC(=O)Nc4ccccc4OC)n2)COC(C)(C)C3)cc1. The fraction of sp³-hybridized carbons (Fsp3) is 0.320. The molecule has 0 unspecified atom stereocenters. The second-order valence-electron chi connectivity index (χ2n) is 8.27. The first-order valence-electron chi connectivity index (χ1n) is 10.6. The maximum absolute atomic E-state index is 12.7. The molecule has 0 atom stereocenters. The van der Waals surface area contributed by atoms with Gasteiger partial charge in [-0.15, -0.1) is 0 Å². The van der Waals surface area contributed by atoms with Crippen LogP contribution in [0.2, 0.25) is 0 Å². The van der Waals surface area contributed by atoms with Crippen LogP contribution in [0.5, 0.6) is 11.5 Å². The van der Waals surface area contributed by atoms with E-state index in [1.54, 1.807) is 14.2 Å². The summed E-state index contributed by atoms with van der Waals surface area (Å²) in [5.41, 5.74) is 3.13. The smallest absolute Gasteiger partial charge is 0.234 e. The van der Waals surface area contributed by atoms with Crippen molar-refractivity contribution in [1.29, 1.82) is 0 Å². The minimum atomic E-state index is -0.304. The lowest BCUT2D eigenvalue weighted by molar-refractivity contribution is -0.113. The molecule has 2 aromatic carbocycles. The molecule has 1 aromatic heterocycles. The number of hydrogen-bond donors (Lipinski definition) is 1. The highest BCUT2D eigenvalue weighted by molar-refractivity contribution is 8.00. The van der Waals surface area contributed by atoms with Crippen molar-refractivity contribution in [3.8, 4) is 22.9 Å². The zero-order valence-corrected chi connectivity index (χ0v) is 20.0. The summed E-state index contributed by atoms with van der Waals surface area (Å²) >= 11 is 1.38. The predicted octanol–water partition coefficient (Wildman–Crippen LogP) is 4.74. The molecule has 7 nitrogen and oxygen atoms in total. The largest absolute Gasteiger partial charge is 0.497 e. The van der Waals surface area contributed by atoms with Crippen LogP contribution in [0.1, 0.15) is 25.1 Å². The Kier molecular flexibility index (Phi) is 6.85. The van der Waals surface area contributed by atoms with Crippen LogP contribution in [0, 0.1) is 0 Å². The van der Waals surface area contributed by atoms with Crippen LogP contribution in [-0.2, 0) is 22.6 Å². The Morgan fingerprint density at radius 2 is 1.85 bits per heavy atom. The van der Waals surface area contributed by atoms with Gasteiger partial charge >= 0.3 is 0 Å². The number of fused-ring (bicyclic) bond motifs is 1. The van der Waals surface area contributed by atoms with E-state index in [9.17, 15) is 4.79 Å². The molecule has 1 amide bonds. The van der Waals surface area contributed by atoms with Gasteiger partial charge in [-0.25, -0.2) is 9.97 Å². The average Bonchev–Trinajstić information content (AvgIpc) is 2.82. The summed E-state index contributed by atoms with van der Waals surface area (Å²) in [5.74, 6) is 2.08. The Morgan fingerprint density at radius 3 is 2.58 bits per heavy atom. The van der Waals surface area contributed by atoms with Gasteiger partial charge in [0, 0.05) is 17.5 Å². The summed E-state index contributed by atoms with van der Waals surface area (Å²) in [5, 5.41) is 3.67. The van der Waals surface area contributed by atoms with E-state index in [1.807, 2.05) is 48.5 Å². The van der Waals surface area contributed by atoms with Crippen LogP contribution >= 0.6 is 11.8 Å². The minimum absolute atomic E-state index is 0.139. The molecule has 0 aliphatic carbocycles. The molecule has 8 heteroatoms. The fourth-order valence-electron chi connectivity index (χ4n) is 3.58. The topological polar surface area (TPSA) is 82.6 Å². The standard InChI is InChI=1S/C25H27N3O4S/c1-25(2)13-20-18(14-32-25)24(28-23(27-20)16-9-11-17(30-3)12-10-16)33-15-22(29)26-19-7-5-6-8-21(19)31-4/h5-12H,13-15H2,1-4H3,(H,26,29). The zero-order valence-electron chi connectivity index (χ0n) is 19.2. The quantitative estimate of drug-likeness (QED) is 0.398. The lowest BCUT2D eigenvalue weighted by Gasteiger charge is -2.32. The predicted molar refractivity (Wildman–Crippen MR) is 129 cm³/mol. The number of amides is 1. The van der Waals surface area contributed by atoms with E-state index in [0.29, 0.717) is 30.3 Å². The zero-order chi connectivity index (χ0) is 23.4. The van der Waals surface area contributed by atoms with E-state index >= 15 is 0 Å². The van der Waals surface area contributed by atoms with Crippen LogP contribution in [-0.4, -0.2) is 41.4 Å². The van der Waals surface area contributed by atoms with Gasteiger partial charge in [0.25, 0.3) is 0 Å². The van der Waals surface area contributed by atoms with Crippen LogP contribution < -0.4 is 14.8 Å². The van der Waals surface area contributed by atoms with Crippen molar-refractivity contribution in [2.75, 3.05) is 25.3 Å². The highest BCUT2D eigenvalue weighted by Gasteiger charge is 2.30. The Balaban J connectivity index is 1.59.